The summed E-state index contributed by atoms with van der Waals surface area (Å²) in [5.41, 5.74) is 7.89. The molecule has 0 aliphatic rings. The Balaban J connectivity index is 1.91. The Kier molecular flexibility index (Phi) is 5.55. The Morgan fingerprint density at radius 2 is 2.15 bits per heavy atom. The zero-order valence-electron chi connectivity index (χ0n) is 11.7. The minimum Gasteiger partial charge on any atom is -0.370 e. The Labute approximate surface area is 123 Å². The summed E-state index contributed by atoms with van der Waals surface area (Å²) in [5.74, 6) is 0.493. The highest BCUT2D eigenvalue weighted by molar-refractivity contribution is 7.13. The normalized spacial score (nSPS) is 11.6. The first-order valence-electron chi connectivity index (χ1n) is 6.83. The molecule has 0 aliphatic carbocycles. The van der Waals surface area contributed by atoms with Gasteiger partial charge in [-0.1, -0.05) is 43.7 Å². The number of nitrogens with two attached hydrogens (primary N) is 1. The van der Waals surface area contributed by atoms with Crippen molar-refractivity contribution in [1.82, 2.24) is 10.3 Å². The largest absolute Gasteiger partial charge is 0.370 e. The van der Waals surface area contributed by atoms with E-state index >= 15 is 0 Å². The van der Waals surface area contributed by atoms with Crippen molar-refractivity contribution in [2.45, 2.75) is 26.3 Å². The molecule has 0 fully saturated rings. The molecular weight excluding hydrogens is 268 g/mol. The first-order valence-corrected chi connectivity index (χ1v) is 7.71. The molecule has 0 amide bonds. The first kappa shape index (κ1) is 14.5. The molecular formula is C15H20N4S. The van der Waals surface area contributed by atoms with Crippen LogP contribution >= 0.6 is 11.3 Å². The number of benzene rings is 1. The van der Waals surface area contributed by atoms with Gasteiger partial charge in [-0.3, -0.25) is 0 Å². The number of nitrogens with zero attached hydrogens (tertiary/aromatic N) is 2. The van der Waals surface area contributed by atoms with Crippen molar-refractivity contribution in [2.75, 3.05) is 6.54 Å². The summed E-state index contributed by atoms with van der Waals surface area (Å²) < 4.78 is 0. The van der Waals surface area contributed by atoms with Crippen LogP contribution in [0.1, 0.15) is 25.5 Å². The highest BCUT2D eigenvalue weighted by atomic mass is 32.1. The molecule has 3 N–H and O–H groups in total. The molecule has 106 valence electrons. The number of rotatable bonds is 6. The molecule has 0 radical (unpaired) electrons. The molecule has 0 spiro atoms. The fourth-order valence-corrected chi connectivity index (χ4v) is 2.53. The van der Waals surface area contributed by atoms with Gasteiger partial charge in [0, 0.05) is 17.5 Å². The molecule has 1 heterocycles. The van der Waals surface area contributed by atoms with E-state index in [1.807, 2.05) is 23.6 Å². The molecule has 0 saturated heterocycles. The number of aromatic nitrogens is 1. The van der Waals surface area contributed by atoms with Gasteiger partial charge in [0.25, 0.3) is 0 Å². The van der Waals surface area contributed by atoms with Crippen molar-refractivity contribution in [2.24, 2.45) is 10.7 Å². The Hall–Kier alpha value is -1.88. The predicted octanol–water partition coefficient (Wildman–Crippen LogP) is 3.01. The number of guanidine groups is 1. The van der Waals surface area contributed by atoms with Gasteiger partial charge in [-0.15, -0.1) is 11.3 Å². The van der Waals surface area contributed by atoms with Crippen molar-refractivity contribution >= 4 is 17.3 Å². The lowest BCUT2D eigenvalue weighted by Crippen LogP contribution is -2.32. The molecule has 0 aliphatic heterocycles. The Morgan fingerprint density at radius 1 is 1.35 bits per heavy atom. The monoisotopic (exact) mass is 288 g/mol. The maximum atomic E-state index is 5.79. The highest BCUT2D eigenvalue weighted by Crippen LogP contribution is 2.23. The second-order valence-corrected chi connectivity index (χ2v) is 5.35. The predicted molar refractivity (Wildman–Crippen MR) is 85.8 cm³/mol. The van der Waals surface area contributed by atoms with E-state index in [0.29, 0.717) is 12.5 Å². The number of hydrogen-bond donors (Lipinski definition) is 2. The van der Waals surface area contributed by atoms with E-state index in [1.54, 1.807) is 11.3 Å². The van der Waals surface area contributed by atoms with Crippen molar-refractivity contribution < 1.29 is 0 Å². The smallest absolute Gasteiger partial charge is 0.188 e. The molecule has 20 heavy (non-hydrogen) atoms. The molecule has 0 bridgehead atoms. The third-order valence-electron chi connectivity index (χ3n) is 2.82. The molecule has 2 rings (SSSR count). The van der Waals surface area contributed by atoms with E-state index in [0.717, 1.165) is 35.7 Å². The van der Waals surface area contributed by atoms with Crippen LogP contribution in [-0.4, -0.2) is 17.5 Å². The third-order valence-corrected chi connectivity index (χ3v) is 3.76. The van der Waals surface area contributed by atoms with Crippen molar-refractivity contribution in [3.8, 4) is 10.6 Å². The SMILES string of the molecule is CCCCNC(N)=NCc1csc(-c2ccccc2)n1. The van der Waals surface area contributed by atoms with Gasteiger partial charge in [0.05, 0.1) is 12.2 Å². The Morgan fingerprint density at radius 3 is 2.90 bits per heavy atom. The average Bonchev–Trinajstić information content (AvgIpc) is 2.95. The highest BCUT2D eigenvalue weighted by Gasteiger charge is 2.03. The van der Waals surface area contributed by atoms with Crippen molar-refractivity contribution in [1.29, 1.82) is 0 Å². The molecule has 1 aromatic carbocycles. The summed E-state index contributed by atoms with van der Waals surface area (Å²) in [6, 6.07) is 10.2. The molecule has 0 saturated carbocycles. The number of hydrogen-bond acceptors (Lipinski definition) is 3. The maximum Gasteiger partial charge on any atom is 0.188 e. The van der Waals surface area contributed by atoms with E-state index in [-0.39, 0.29) is 0 Å². The molecule has 4 nitrogen and oxygen atoms in total. The summed E-state index contributed by atoms with van der Waals surface area (Å²) in [6.07, 6.45) is 2.25. The minimum atomic E-state index is 0.493. The van der Waals surface area contributed by atoms with Crippen LogP contribution in [0.25, 0.3) is 10.6 Å². The minimum absolute atomic E-state index is 0.493. The van der Waals surface area contributed by atoms with Gasteiger partial charge in [0.15, 0.2) is 5.96 Å². The van der Waals surface area contributed by atoms with Gasteiger partial charge in [-0.25, -0.2) is 9.98 Å². The summed E-state index contributed by atoms with van der Waals surface area (Å²) in [4.78, 5) is 8.88. The van der Waals surface area contributed by atoms with E-state index < -0.39 is 0 Å². The van der Waals surface area contributed by atoms with E-state index in [4.69, 9.17) is 5.73 Å². The number of aliphatic imine (C=N–C) groups is 1. The second-order valence-electron chi connectivity index (χ2n) is 4.49. The summed E-state index contributed by atoms with van der Waals surface area (Å²) >= 11 is 1.63. The third kappa shape index (κ3) is 4.35. The van der Waals surface area contributed by atoms with Crippen LogP contribution in [0.5, 0.6) is 0 Å². The van der Waals surface area contributed by atoms with Gasteiger partial charge >= 0.3 is 0 Å². The number of unbranched alkanes of at least 4 members (excludes halogenated alkanes) is 1. The van der Waals surface area contributed by atoms with Crippen LogP contribution in [0.4, 0.5) is 0 Å². The van der Waals surface area contributed by atoms with Crippen LogP contribution in [0.3, 0.4) is 0 Å². The second kappa shape index (κ2) is 7.65. The van der Waals surface area contributed by atoms with Crippen molar-refractivity contribution in [3.63, 3.8) is 0 Å². The molecule has 2 aromatic rings. The van der Waals surface area contributed by atoms with Crippen LogP contribution in [0.15, 0.2) is 40.7 Å². The number of nitrogens with one attached hydrogen (secondary N) is 1. The summed E-state index contributed by atoms with van der Waals surface area (Å²) in [5, 5.41) is 6.15. The first-order chi connectivity index (χ1) is 9.79. The van der Waals surface area contributed by atoms with Crippen LogP contribution in [0.2, 0.25) is 0 Å². The van der Waals surface area contributed by atoms with Crippen LogP contribution < -0.4 is 11.1 Å². The Bertz CT molecular complexity index is 548. The van der Waals surface area contributed by atoms with Gasteiger partial charge in [0.2, 0.25) is 0 Å². The average molecular weight is 288 g/mol. The zero-order chi connectivity index (χ0) is 14.2. The molecule has 5 heteroatoms. The lowest BCUT2D eigenvalue weighted by atomic mass is 10.2. The van der Waals surface area contributed by atoms with E-state index in [9.17, 15) is 0 Å². The topological polar surface area (TPSA) is 63.3 Å². The van der Waals surface area contributed by atoms with E-state index in [2.05, 4.69) is 34.3 Å². The lowest BCUT2D eigenvalue weighted by Gasteiger charge is -2.03. The molecule has 0 atom stereocenters. The fraction of sp³-hybridized carbons (Fsp3) is 0.333. The lowest BCUT2D eigenvalue weighted by molar-refractivity contribution is 0.747. The fourth-order valence-electron chi connectivity index (χ4n) is 1.71. The van der Waals surface area contributed by atoms with Gasteiger partial charge < -0.3 is 11.1 Å². The molecule has 0 unspecified atom stereocenters. The maximum absolute atomic E-state index is 5.79. The van der Waals surface area contributed by atoms with Crippen LogP contribution in [0, 0.1) is 0 Å². The van der Waals surface area contributed by atoms with Gasteiger partial charge in [-0.2, -0.15) is 0 Å². The summed E-state index contributed by atoms with van der Waals surface area (Å²) in [7, 11) is 0. The quantitative estimate of drug-likeness (QED) is 0.488. The van der Waals surface area contributed by atoms with Crippen molar-refractivity contribution in [3.05, 3.63) is 41.4 Å². The van der Waals surface area contributed by atoms with Gasteiger partial charge in [0.1, 0.15) is 5.01 Å². The summed E-state index contributed by atoms with van der Waals surface area (Å²) in [6.45, 7) is 3.54. The van der Waals surface area contributed by atoms with E-state index in [1.165, 1.54) is 0 Å². The number of thiazole rings is 1. The zero-order valence-corrected chi connectivity index (χ0v) is 12.5. The van der Waals surface area contributed by atoms with Crippen LogP contribution in [-0.2, 0) is 6.54 Å². The molecule has 1 aromatic heterocycles. The van der Waals surface area contributed by atoms with Gasteiger partial charge in [-0.05, 0) is 6.42 Å². The standard InChI is InChI=1S/C15H20N4S/c1-2-3-9-17-15(16)18-10-13-11-20-14(19-13)12-7-5-4-6-8-12/h4-8,11H,2-3,9-10H2,1H3,(H3,16,17,18).